The standard InChI is InChI=1S/C20H22N2O5S.Na.H2O/c1-4-26-13-10-9-11-7-5-6-8-12(11)15(13)27-21-14-17(23)22-16(19(24)25)20(2,3)28-18(14)22;;/h5-10,14,16,18,21H,4H2,1-3H3,(H,24,25);;1H2/q;+1;/p-1/t14-,16-,18+;;/m1../s1. The molecular weight excluding hydrogens is 419 g/mol. The zero-order valence-corrected chi connectivity index (χ0v) is 20.1. The maximum Gasteiger partial charge on any atom is 1.00 e. The summed E-state index contributed by atoms with van der Waals surface area (Å²) in [6.45, 7) is 5.97. The fourth-order valence-corrected chi connectivity index (χ4v) is 5.43. The fraction of sp³-hybridized carbons (Fsp3) is 0.400. The number of β-lactam (4-membered cyclic amide) rings is 1. The number of hydrogen-bond donors (Lipinski definition) is 1. The van der Waals surface area contributed by atoms with E-state index in [9.17, 15) is 14.7 Å². The second-order valence-corrected chi connectivity index (χ2v) is 9.09. The molecule has 2 aliphatic heterocycles. The molecule has 0 unspecified atom stereocenters. The SMILES string of the molecule is CCOc1ccc2ccccc2c1ON[C@@H]1C(=O)N2[C@H]1SC(C)(C)[C@H]2C(=O)[O-].O.[Na+]. The summed E-state index contributed by atoms with van der Waals surface area (Å²) in [4.78, 5) is 31.3. The molecule has 2 aliphatic rings. The molecule has 2 aromatic rings. The van der Waals surface area contributed by atoms with E-state index in [4.69, 9.17) is 9.57 Å². The average molecular weight is 442 g/mol. The Bertz CT molecular complexity index is 956. The van der Waals surface area contributed by atoms with Crippen molar-refractivity contribution in [2.75, 3.05) is 6.61 Å². The maximum absolute atomic E-state index is 12.6. The number of ether oxygens (including phenoxy) is 1. The molecule has 3 atom stereocenters. The molecule has 3 N–H and O–H groups in total. The Morgan fingerprint density at radius 1 is 1.27 bits per heavy atom. The molecule has 8 nitrogen and oxygen atoms in total. The number of carbonyl (C=O) groups excluding carboxylic acids is 2. The number of amides is 1. The number of carboxylic acid groups (broad SMARTS) is 1. The quantitative estimate of drug-likeness (QED) is 0.298. The minimum atomic E-state index is -1.24. The predicted octanol–water partition coefficient (Wildman–Crippen LogP) is -2.52. The third-order valence-corrected chi connectivity index (χ3v) is 6.67. The van der Waals surface area contributed by atoms with Crippen molar-refractivity contribution in [2.45, 2.75) is 43.0 Å². The van der Waals surface area contributed by atoms with Gasteiger partial charge in [-0.1, -0.05) is 30.3 Å². The van der Waals surface area contributed by atoms with Crippen molar-refractivity contribution < 1.29 is 59.3 Å². The molecule has 0 bridgehead atoms. The van der Waals surface area contributed by atoms with Crippen molar-refractivity contribution in [3.8, 4) is 11.5 Å². The Kier molecular flexibility index (Phi) is 7.71. The van der Waals surface area contributed by atoms with Crippen LogP contribution in [0.15, 0.2) is 36.4 Å². The molecule has 4 rings (SSSR count). The smallest absolute Gasteiger partial charge is 0.548 e. The molecular formula is C20H23N2NaO6S. The van der Waals surface area contributed by atoms with Crippen molar-refractivity contribution >= 4 is 34.4 Å². The fourth-order valence-electron chi connectivity index (χ4n) is 3.82. The van der Waals surface area contributed by atoms with Gasteiger partial charge in [-0.3, -0.25) is 4.79 Å². The van der Waals surface area contributed by atoms with Crippen LogP contribution in [0.4, 0.5) is 0 Å². The molecule has 1 amide bonds. The first-order valence-corrected chi connectivity index (χ1v) is 10.0. The van der Waals surface area contributed by atoms with Crippen LogP contribution in [-0.2, 0) is 9.59 Å². The summed E-state index contributed by atoms with van der Waals surface area (Å²) >= 11 is 1.43. The monoisotopic (exact) mass is 442 g/mol. The van der Waals surface area contributed by atoms with Gasteiger partial charge in [0, 0.05) is 10.1 Å². The van der Waals surface area contributed by atoms with E-state index < -0.39 is 22.8 Å². The van der Waals surface area contributed by atoms with Gasteiger partial charge in [-0.2, -0.15) is 0 Å². The van der Waals surface area contributed by atoms with Gasteiger partial charge < -0.3 is 29.9 Å². The Labute approximate surface area is 200 Å². The molecule has 30 heavy (non-hydrogen) atoms. The Hall–Kier alpha value is -1.49. The summed E-state index contributed by atoms with van der Waals surface area (Å²) in [6, 6.07) is 9.91. The van der Waals surface area contributed by atoms with E-state index in [1.807, 2.05) is 43.3 Å². The van der Waals surface area contributed by atoms with Gasteiger partial charge in [0.25, 0.3) is 0 Å². The van der Waals surface area contributed by atoms with Crippen molar-refractivity contribution in [1.29, 1.82) is 0 Å². The summed E-state index contributed by atoms with van der Waals surface area (Å²) in [7, 11) is 0. The van der Waals surface area contributed by atoms with Crippen LogP contribution >= 0.6 is 11.8 Å². The van der Waals surface area contributed by atoms with Crippen LogP contribution in [0.5, 0.6) is 11.5 Å². The number of aliphatic carboxylic acids is 1. The molecule has 10 heteroatoms. The molecule has 0 aliphatic carbocycles. The summed E-state index contributed by atoms with van der Waals surface area (Å²) in [5, 5.41) is 13.0. The van der Waals surface area contributed by atoms with Gasteiger partial charge in [-0.05, 0) is 32.2 Å². The molecule has 2 aromatic carbocycles. The van der Waals surface area contributed by atoms with Gasteiger partial charge in [0.15, 0.2) is 17.5 Å². The van der Waals surface area contributed by atoms with E-state index in [0.717, 1.165) is 10.8 Å². The van der Waals surface area contributed by atoms with Gasteiger partial charge in [-0.15, -0.1) is 17.2 Å². The zero-order valence-electron chi connectivity index (χ0n) is 17.3. The molecule has 0 spiro atoms. The minimum Gasteiger partial charge on any atom is -0.548 e. The summed E-state index contributed by atoms with van der Waals surface area (Å²) < 4.78 is 5.04. The molecule has 2 heterocycles. The van der Waals surface area contributed by atoms with Gasteiger partial charge in [0.05, 0.1) is 18.6 Å². The number of nitrogens with one attached hydrogen (secondary N) is 1. The van der Waals surface area contributed by atoms with Crippen molar-refractivity contribution in [1.82, 2.24) is 10.4 Å². The third kappa shape index (κ3) is 4.02. The van der Waals surface area contributed by atoms with Crippen LogP contribution in [0.2, 0.25) is 0 Å². The van der Waals surface area contributed by atoms with Crippen molar-refractivity contribution in [3.05, 3.63) is 36.4 Å². The maximum atomic E-state index is 12.6. The van der Waals surface area contributed by atoms with Gasteiger partial charge in [0.2, 0.25) is 5.91 Å². The number of hydrogen-bond acceptors (Lipinski definition) is 7. The van der Waals surface area contributed by atoms with E-state index in [1.165, 1.54) is 16.7 Å². The summed E-state index contributed by atoms with van der Waals surface area (Å²) in [5.41, 5.74) is 2.84. The van der Waals surface area contributed by atoms with Gasteiger partial charge >= 0.3 is 29.6 Å². The second-order valence-electron chi connectivity index (χ2n) is 7.32. The number of benzene rings is 2. The topological polar surface area (TPSA) is 122 Å². The third-order valence-electron chi connectivity index (χ3n) is 5.10. The van der Waals surface area contributed by atoms with E-state index >= 15 is 0 Å². The molecule has 2 fully saturated rings. The number of rotatable bonds is 6. The zero-order chi connectivity index (χ0) is 20.1. The molecule has 2 saturated heterocycles. The normalized spacial score (nSPS) is 23.6. The van der Waals surface area contributed by atoms with E-state index in [0.29, 0.717) is 18.1 Å². The number of thioether (sulfide) groups is 1. The number of nitrogens with zero attached hydrogens (tertiary/aromatic N) is 1. The minimum absolute atomic E-state index is 0. The van der Waals surface area contributed by atoms with E-state index in [-0.39, 0.29) is 46.3 Å². The van der Waals surface area contributed by atoms with Crippen LogP contribution < -0.4 is 49.7 Å². The molecule has 156 valence electrons. The van der Waals surface area contributed by atoms with Crippen LogP contribution in [-0.4, -0.2) is 51.1 Å². The van der Waals surface area contributed by atoms with Crippen molar-refractivity contribution in [2.24, 2.45) is 0 Å². The molecule has 0 aromatic heterocycles. The van der Waals surface area contributed by atoms with Crippen LogP contribution in [0.3, 0.4) is 0 Å². The second kappa shape index (κ2) is 9.33. The first-order chi connectivity index (χ1) is 13.3. The average Bonchev–Trinajstić information content (AvgIpc) is 2.91. The van der Waals surface area contributed by atoms with Gasteiger partial charge in [0.1, 0.15) is 5.37 Å². The number of hydroxylamine groups is 1. The summed E-state index contributed by atoms with van der Waals surface area (Å²) in [6.07, 6.45) is 0. The largest absolute Gasteiger partial charge is 1.00 e. The molecule has 0 saturated carbocycles. The number of carbonyl (C=O) groups is 2. The van der Waals surface area contributed by atoms with Crippen LogP contribution in [0.1, 0.15) is 20.8 Å². The number of carboxylic acids is 1. The van der Waals surface area contributed by atoms with Gasteiger partial charge in [-0.25, -0.2) is 0 Å². The first kappa shape index (κ1) is 24.8. The Morgan fingerprint density at radius 3 is 2.63 bits per heavy atom. The first-order valence-electron chi connectivity index (χ1n) is 9.13. The van der Waals surface area contributed by atoms with Crippen molar-refractivity contribution in [3.63, 3.8) is 0 Å². The number of fused-ring (bicyclic) bond motifs is 2. The summed E-state index contributed by atoms with van der Waals surface area (Å²) in [5.74, 6) is -0.467. The Morgan fingerprint density at radius 2 is 1.97 bits per heavy atom. The molecule has 0 radical (unpaired) electrons. The predicted molar refractivity (Wildman–Crippen MR) is 107 cm³/mol. The van der Waals surface area contributed by atoms with E-state index in [2.05, 4.69) is 5.48 Å². The van der Waals surface area contributed by atoms with Crippen LogP contribution in [0, 0.1) is 0 Å². The van der Waals surface area contributed by atoms with E-state index in [1.54, 1.807) is 13.8 Å². The van der Waals surface area contributed by atoms with Crippen LogP contribution in [0.25, 0.3) is 10.8 Å². The Balaban J connectivity index is 0.00000160.